The molecule has 0 saturated heterocycles. The Bertz CT molecular complexity index is 453. The van der Waals surface area contributed by atoms with Gasteiger partial charge in [0.2, 0.25) is 5.91 Å². The third-order valence-electron chi connectivity index (χ3n) is 3.75. The average molecular weight is 300 g/mol. The fourth-order valence-corrected chi connectivity index (χ4v) is 3.00. The minimum absolute atomic E-state index is 0.0452. The predicted molar refractivity (Wildman–Crippen MR) is 79.7 cm³/mol. The maximum atomic E-state index is 12.0. The van der Waals surface area contributed by atoms with Gasteiger partial charge in [0.15, 0.2) is 0 Å². The van der Waals surface area contributed by atoms with Crippen LogP contribution < -0.4 is 5.32 Å². The van der Waals surface area contributed by atoms with Crippen LogP contribution >= 0.6 is 23.2 Å². The molecule has 4 heteroatoms. The first-order valence-electron chi connectivity index (χ1n) is 6.78. The smallest absolute Gasteiger partial charge is 0.224 e. The quantitative estimate of drug-likeness (QED) is 0.889. The fraction of sp³-hybridized carbons (Fsp3) is 0.533. The number of nitrogens with one attached hydrogen (secondary N) is 1. The van der Waals surface area contributed by atoms with E-state index in [1.165, 1.54) is 12.8 Å². The highest BCUT2D eigenvalue weighted by atomic mass is 35.5. The molecule has 2 nitrogen and oxygen atoms in total. The van der Waals surface area contributed by atoms with E-state index >= 15 is 0 Å². The predicted octanol–water partition coefficient (Wildman–Crippen LogP) is 4.23. The Morgan fingerprint density at radius 2 is 1.95 bits per heavy atom. The van der Waals surface area contributed by atoms with Gasteiger partial charge in [-0.15, -0.1) is 0 Å². The molecule has 0 atom stereocenters. The molecule has 1 amide bonds. The van der Waals surface area contributed by atoms with Gasteiger partial charge < -0.3 is 5.32 Å². The second-order valence-corrected chi connectivity index (χ2v) is 6.28. The molecule has 1 saturated carbocycles. The normalized spacial score (nSPS) is 23.1. The molecular formula is C15H19Cl2NO. The van der Waals surface area contributed by atoms with Gasteiger partial charge in [0.05, 0.1) is 6.42 Å². The van der Waals surface area contributed by atoms with Crippen molar-refractivity contribution in [3.05, 3.63) is 33.8 Å². The number of amides is 1. The minimum atomic E-state index is 0.0452. The number of hydrogen-bond acceptors (Lipinski definition) is 1. The van der Waals surface area contributed by atoms with E-state index in [-0.39, 0.29) is 5.91 Å². The standard InChI is InChI=1S/C15H19Cl2NO/c1-10-2-6-13(7-3-10)18-15(19)8-11-4-5-12(16)9-14(11)17/h4-5,9-10,13H,2-3,6-8H2,1H3,(H,18,19). The molecule has 1 fully saturated rings. The molecule has 0 unspecified atom stereocenters. The molecular weight excluding hydrogens is 281 g/mol. The van der Waals surface area contributed by atoms with Crippen LogP contribution in [0.2, 0.25) is 10.0 Å². The van der Waals surface area contributed by atoms with Crippen molar-refractivity contribution in [1.29, 1.82) is 0 Å². The number of hydrogen-bond donors (Lipinski definition) is 1. The Kier molecular flexibility index (Phi) is 5.12. The summed E-state index contributed by atoms with van der Waals surface area (Å²) in [4.78, 5) is 12.0. The molecule has 1 N–H and O–H groups in total. The summed E-state index contributed by atoms with van der Waals surface area (Å²) in [5.74, 6) is 0.836. The van der Waals surface area contributed by atoms with Crippen LogP contribution in [0.3, 0.4) is 0 Å². The van der Waals surface area contributed by atoms with Crippen LogP contribution in [0.15, 0.2) is 18.2 Å². The SMILES string of the molecule is CC1CCC(NC(=O)Cc2ccc(Cl)cc2Cl)CC1. The van der Waals surface area contributed by atoms with Crippen molar-refractivity contribution < 1.29 is 4.79 Å². The highest BCUT2D eigenvalue weighted by Gasteiger charge is 2.20. The Morgan fingerprint density at radius 1 is 1.26 bits per heavy atom. The van der Waals surface area contributed by atoms with Crippen molar-refractivity contribution in [2.75, 3.05) is 0 Å². The van der Waals surface area contributed by atoms with Crippen LogP contribution in [-0.4, -0.2) is 11.9 Å². The molecule has 0 bridgehead atoms. The first-order valence-corrected chi connectivity index (χ1v) is 7.53. The largest absolute Gasteiger partial charge is 0.353 e. The van der Waals surface area contributed by atoms with Gasteiger partial charge in [-0.05, 0) is 49.3 Å². The molecule has 104 valence electrons. The maximum absolute atomic E-state index is 12.0. The van der Waals surface area contributed by atoms with E-state index in [4.69, 9.17) is 23.2 Å². The van der Waals surface area contributed by atoms with Crippen molar-refractivity contribution >= 4 is 29.1 Å². The van der Waals surface area contributed by atoms with Gasteiger partial charge in [-0.2, -0.15) is 0 Å². The van der Waals surface area contributed by atoms with Gasteiger partial charge in [-0.25, -0.2) is 0 Å². The first-order chi connectivity index (χ1) is 9.04. The molecule has 0 heterocycles. The lowest BCUT2D eigenvalue weighted by Crippen LogP contribution is -2.38. The van der Waals surface area contributed by atoms with E-state index in [1.54, 1.807) is 12.1 Å². The Morgan fingerprint density at radius 3 is 2.58 bits per heavy atom. The van der Waals surface area contributed by atoms with Gasteiger partial charge >= 0.3 is 0 Å². The van der Waals surface area contributed by atoms with Crippen molar-refractivity contribution in [2.45, 2.75) is 45.1 Å². The molecule has 1 aromatic rings. The second-order valence-electron chi connectivity index (χ2n) is 5.44. The molecule has 0 radical (unpaired) electrons. The van der Waals surface area contributed by atoms with Gasteiger partial charge in [-0.1, -0.05) is 36.2 Å². The van der Waals surface area contributed by atoms with Crippen LogP contribution in [0.25, 0.3) is 0 Å². The fourth-order valence-electron chi connectivity index (χ4n) is 2.52. The van der Waals surface area contributed by atoms with Crippen molar-refractivity contribution in [2.24, 2.45) is 5.92 Å². The topological polar surface area (TPSA) is 29.1 Å². The summed E-state index contributed by atoms with van der Waals surface area (Å²) in [7, 11) is 0. The van der Waals surface area contributed by atoms with E-state index in [0.29, 0.717) is 22.5 Å². The molecule has 0 aliphatic heterocycles. The lowest BCUT2D eigenvalue weighted by molar-refractivity contribution is -0.121. The van der Waals surface area contributed by atoms with E-state index in [1.807, 2.05) is 6.07 Å². The van der Waals surface area contributed by atoms with Gasteiger partial charge in [0.1, 0.15) is 0 Å². The second kappa shape index (κ2) is 6.62. The highest BCUT2D eigenvalue weighted by molar-refractivity contribution is 6.35. The van der Waals surface area contributed by atoms with Gasteiger partial charge in [-0.3, -0.25) is 4.79 Å². The van der Waals surface area contributed by atoms with Gasteiger partial charge in [0, 0.05) is 16.1 Å². The Balaban J connectivity index is 1.87. The number of halogens is 2. The summed E-state index contributed by atoms with van der Waals surface area (Å²) >= 11 is 11.9. The van der Waals surface area contributed by atoms with E-state index < -0.39 is 0 Å². The monoisotopic (exact) mass is 299 g/mol. The van der Waals surface area contributed by atoms with E-state index in [9.17, 15) is 4.79 Å². The third-order valence-corrected chi connectivity index (χ3v) is 4.33. The molecule has 1 aliphatic carbocycles. The van der Waals surface area contributed by atoms with Crippen LogP contribution in [0.5, 0.6) is 0 Å². The lowest BCUT2D eigenvalue weighted by atomic mass is 9.87. The zero-order chi connectivity index (χ0) is 13.8. The lowest BCUT2D eigenvalue weighted by Gasteiger charge is -2.27. The Labute approximate surface area is 124 Å². The van der Waals surface area contributed by atoms with Crippen LogP contribution in [0.4, 0.5) is 0 Å². The Hall–Kier alpha value is -0.730. The summed E-state index contributed by atoms with van der Waals surface area (Å²) < 4.78 is 0. The number of carbonyl (C=O) groups excluding carboxylic acids is 1. The summed E-state index contributed by atoms with van der Waals surface area (Å²) in [5.41, 5.74) is 0.827. The van der Waals surface area contributed by atoms with E-state index in [2.05, 4.69) is 12.2 Å². The first kappa shape index (κ1) is 14.7. The zero-order valence-electron chi connectivity index (χ0n) is 11.1. The number of carbonyl (C=O) groups is 1. The van der Waals surface area contributed by atoms with Gasteiger partial charge in [0.25, 0.3) is 0 Å². The van der Waals surface area contributed by atoms with Crippen LogP contribution in [0, 0.1) is 5.92 Å². The summed E-state index contributed by atoms with van der Waals surface area (Å²) in [6.45, 7) is 2.27. The maximum Gasteiger partial charge on any atom is 0.224 e. The molecule has 0 aromatic heterocycles. The van der Waals surface area contributed by atoms with Crippen molar-refractivity contribution in [1.82, 2.24) is 5.32 Å². The number of rotatable bonds is 3. The van der Waals surface area contributed by atoms with Crippen LogP contribution in [-0.2, 0) is 11.2 Å². The summed E-state index contributed by atoms with van der Waals surface area (Å²) in [5, 5.41) is 4.25. The minimum Gasteiger partial charge on any atom is -0.353 e. The highest BCUT2D eigenvalue weighted by Crippen LogP contribution is 2.24. The molecule has 1 aromatic carbocycles. The third kappa shape index (κ3) is 4.39. The zero-order valence-corrected chi connectivity index (χ0v) is 12.6. The molecule has 0 spiro atoms. The van der Waals surface area contributed by atoms with Crippen molar-refractivity contribution in [3.63, 3.8) is 0 Å². The van der Waals surface area contributed by atoms with Crippen molar-refractivity contribution in [3.8, 4) is 0 Å². The molecule has 2 rings (SSSR count). The van der Waals surface area contributed by atoms with Crippen LogP contribution in [0.1, 0.15) is 38.2 Å². The summed E-state index contributed by atoms with van der Waals surface area (Å²) in [6.07, 6.45) is 4.89. The average Bonchev–Trinajstić information content (AvgIpc) is 2.36. The van der Waals surface area contributed by atoms with E-state index in [0.717, 1.165) is 24.3 Å². The number of benzene rings is 1. The summed E-state index contributed by atoms with van der Waals surface area (Å²) in [6, 6.07) is 5.58. The molecule has 1 aliphatic rings. The molecule has 19 heavy (non-hydrogen) atoms.